The standard InChI is InChI=1S/C12H12ClN3O3S/c13-10-5-3-9(4-6-10)11-14-15-12(19-11)20(17,18)16-7-1-2-8-16/h3-6H,1-2,7-8H2. The Kier molecular flexibility index (Phi) is 3.49. The number of benzene rings is 1. The molecule has 1 aromatic heterocycles. The number of nitrogens with zero attached hydrogens (tertiary/aromatic N) is 3. The van der Waals surface area contributed by atoms with Crippen LogP contribution in [0.5, 0.6) is 0 Å². The molecule has 0 aliphatic carbocycles. The number of sulfonamides is 1. The van der Waals surface area contributed by atoms with E-state index in [9.17, 15) is 8.42 Å². The van der Waals surface area contributed by atoms with Crippen LogP contribution >= 0.6 is 11.6 Å². The third-order valence-corrected chi connectivity index (χ3v) is 5.03. The molecule has 0 atom stereocenters. The Morgan fingerprint density at radius 1 is 1.10 bits per heavy atom. The van der Waals surface area contributed by atoms with Gasteiger partial charge in [-0.15, -0.1) is 5.10 Å². The largest absolute Gasteiger partial charge is 0.407 e. The average molecular weight is 314 g/mol. The molecule has 2 aromatic rings. The second-order valence-electron chi connectivity index (χ2n) is 4.49. The van der Waals surface area contributed by atoms with Gasteiger partial charge in [0, 0.05) is 23.7 Å². The fraction of sp³-hybridized carbons (Fsp3) is 0.333. The van der Waals surface area contributed by atoms with E-state index >= 15 is 0 Å². The molecule has 0 saturated carbocycles. The van der Waals surface area contributed by atoms with Crippen molar-refractivity contribution in [2.24, 2.45) is 0 Å². The number of rotatable bonds is 3. The first-order valence-electron chi connectivity index (χ1n) is 6.17. The van der Waals surface area contributed by atoms with E-state index in [0.717, 1.165) is 12.8 Å². The number of hydrogen-bond donors (Lipinski definition) is 0. The van der Waals surface area contributed by atoms with Gasteiger partial charge in [0.05, 0.1) is 0 Å². The Morgan fingerprint density at radius 2 is 1.75 bits per heavy atom. The van der Waals surface area contributed by atoms with E-state index in [4.69, 9.17) is 16.0 Å². The monoisotopic (exact) mass is 313 g/mol. The molecule has 8 heteroatoms. The first kappa shape index (κ1) is 13.5. The molecule has 1 aliphatic heterocycles. The molecule has 20 heavy (non-hydrogen) atoms. The van der Waals surface area contributed by atoms with Crippen molar-refractivity contribution in [3.8, 4) is 11.5 Å². The lowest BCUT2D eigenvalue weighted by Gasteiger charge is -2.11. The number of aromatic nitrogens is 2. The van der Waals surface area contributed by atoms with Gasteiger partial charge in [0.15, 0.2) is 0 Å². The van der Waals surface area contributed by atoms with Gasteiger partial charge in [-0.3, -0.25) is 0 Å². The van der Waals surface area contributed by atoms with E-state index in [-0.39, 0.29) is 11.1 Å². The van der Waals surface area contributed by atoms with E-state index in [1.54, 1.807) is 24.3 Å². The van der Waals surface area contributed by atoms with E-state index in [0.29, 0.717) is 23.7 Å². The van der Waals surface area contributed by atoms with Gasteiger partial charge in [-0.05, 0) is 37.1 Å². The molecule has 106 valence electrons. The summed E-state index contributed by atoms with van der Waals surface area (Å²) < 4.78 is 31.1. The minimum absolute atomic E-state index is 0.166. The van der Waals surface area contributed by atoms with Crippen molar-refractivity contribution in [2.45, 2.75) is 18.1 Å². The van der Waals surface area contributed by atoms with Crippen LogP contribution in [0, 0.1) is 0 Å². The highest BCUT2D eigenvalue weighted by Gasteiger charge is 2.32. The molecular weight excluding hydrogens is 302 g/mol. The molecular formula is C12H12ClN3O3S. The summed E-state index contributed by atoms with van der Waals surface area (Å²) in [5, 5.41) is 7.66. The van der Waals surface area contributed by atoms with Crippen LogP contribution in [0.25, 0.3) is 11.5 Å². The molecule has 1 aliphatic rings. The minimum atomic E-state index is -3.67. The first-order valence-corrected chi connectivity index (χ1v) is 7.99. The summed E-state index contributed by atoms with van der Waals surface area (Å²) >= 11 is 5.79. The van der Waals surface area contributed by atoms with Crippen LogP contribution in [0.15, 0.2) is 33.9 Å². The Labute approximate surface area is 121 Å². The zero-order valence-electron chi connectivity index (χ0n) is 10.5. The maximum atomic E-state index is 12.2. The summed E-state index contributed by atoms with van der Waals surface area (Å²) in [7, 11) is -3.67. The SMILES string of the molecule is O=S(=O)(c1nnc(-c2ccc(Cl)cc2)o1)N1CCCC1. The van der Waals surface area contributed by atoms with Crippen LogP contribution in [0.3, 0.4) is 0 Å². The van der Waals surface area contributed by atoms with Crippen LogP contribution in [0.1, 0.15) is 12.8 Å². The first-order chi connectivity index (χ1) is 9.57. The van der Waals surface area contributed by atoms with Gasteiger partial charge in [0.1, 0.15) is 0 Å². The van der Waals surface area contributed by atoms with Gasteiger partial charge in [0.25, 0.3) is 10.0 Å². The van der Waals surface area contributed by atoms with Crippen LogP contribution < -0.4 is 0 Å². The summed E-state index contributed by atoms with van der Waals surface area (Å²) in [6.07, 6.45) is 1.72. The second kappa shape index (κ2) is 5.16. The fourth-order valence-corrected chi connectivity index (χ4v) is 3.48. The summed E-state index contributed by atoms with van der Waals surface area (Å²) in [6.45, 7) is 1.00. The molecule has 1 saturated heterocycles. The zero-order chi connectivity index (χ0) is 14.2. The molecule has 1 fully saturated rings. The van der Waals surface area contributed by atoms with Crippen molar-refractivity contribution in [1.29, 1.82) is 0 Å². The summed E-state index contributed by atoms with van der Waals surface area (Å²) in [5.41, 5.74) is 0.629. The van der Waals surface area contributed by atoms with Crippen molar-refractivity contribution in [3.63, 3.8) is 0 Å². The molecule has 0 spiro atoms. The second-order valence-corrected chi connectivity index (χ2v) is 6.74. The van der Waals surface area contributed by atoms with E-state index in [1.165, 1.54) is 4.31 Å². The molecule has 6 nitrogen and oxygen atoms in total. The Bertz CT molecular complexity index is 706. The lowest BCUT2D eigenvalue weighted by molar-refractivity contribution is 0.402. The fourth-order valence-electron chi connectivity index (χ4n) is 2.06. The highest BCUT2D eigenvalue weighted by atomic mass is 35.5. The maximum absolute atomic E-state index is 12.2. The van der Waals surface area contributed by atoms with Gasteiger partial charge in [0.2, 0.25) is 5.89 Å². The molecule has 0 bridgehead atoms. The molecule has 3 rings (SSSR count). The van der Waals surface area contributed by atoms with Crippen molar-refractivity contribution in [1.82, 2.24) is 14.5 Å². The molecule has 1 aromatic carbocycles. The van der Waals surface area contributed by atoms with Gasteiger partial charge in [-0.25, -0.2) is 8.42 Å². The number of halogens is 1. The highest BCUT2D eigenvalue weighted by Crippen LogP contribution is 2.24. The topological polar surface area (TPSA) is 76.3 Å². The Balaban J connectivity index is 1.92. The van der Waals surface area contributed by atoms with Crippen LogP contribution in [0.4, 0.5) is 0 Å². The smallest absolute Gasteiger partial charge is 0.351 e. The molecule has 0 amide bonds. The quantitative estimate of drug-likeness (QED) is 0.868. The predicted octanol–water partition coefficient (Wildman–Crippen LogP) is 2.17. The van der Waals surface area contributed by atoms with Crippen LogP contribution in [-0.4, -0.2) is 36.0 Å². The van der Waals surface area contributed by atoms with E-state index in [2.05, 4.69) is 10.2 Å². The van der Waals surface area contributed by atoms with Crippen LogP contribution in [0.2, 0.25) is 5.02 Å². The van der Waals surface area contributed by atoms with Gasteiger partial charge in [-0.1, -0.05) is 16.7 Å². The summed E-state index contributed by atoms with van der Waals surface area (Å²) in [4.78, 5) is 0. The van der Waals surface area contributed by atoms with E-state index < -0.39 is 10.0 Å². The molecule has 0 radical (unpaired) electrons. The minimum Gasteiger partial charge on any atom is -0.407 e. The molecule has 0 N–H and O–H groups in total. The van der Waals surface area contributed by atoms with Crippen molar-refractivity contribution < 1.29 is 12.8 Å². The lowest BCUT2D eigenvalue weighted by Crippen LogP contribution is -2.28. The molecule has 0 unspecified atom stereocenters. The third-order valence-electron chi connectivity index (χ3n) is 3.12. The summed E-state index contributed by atoms with van der Waals surface area (Å²) in [5.74, 6) is 0.166. The Morgan fingerprint density at radius 3 is 2.40 bits per heavy atom. The van der Waals surface area contributed by atoms with Crippen LogP contribution in [-0.2, 0) is 10.0 Å². The lowest BCUT2D eigenvalue weighted by atomic mass is 10.2. The van der Waals surface area contributed by atoms with Gasteiger partial charge < -0.3 is 4.42 Å². The summed E-state index contributed by atoms with van der Waals surface area (Å²) in [6, 6.07) is 6.75. The van der Waals surface area contributed by atoms with E-state index in [1.807, 2.05) is 0 Å². The van der Waals surface area contributed by atoms with Crippen molar-refractivity contribution in [3.05, 3.63) is 29.3 Å². The van der Waals surface area contributed by atoms with Crippen molar-refractivity contribution in [2.75, 3.05) is 13.1 Å². The number of hydrogen-bond acceptors (Lipinski definition) is 5. The highest BCUT2D eigenvalue weighted by molar-refractivity contribution is 7.88. The van der Waals surface area contributed by atoms with Crippen molar-refractivity contribution >= 4 is 21.6 Å². The van der Waals surface area contributed by atoms with Gasteiger partial charge in [-0.2, -0.15) is 4.31 Å². The predicted molar refractivity (Wildman–Crippen MR) is 72.7 cm³/mol. The van der Waals surface area contributed by atoms with Gasteiger partial charge >= 0.3 is 5.22 Å². The normalized spacial score (nSPS) is 16.6. The molecule has 2 heterocycles. The Hall–Kier alpha value is -1.44. The zero-order valence-corrected chi connectivity index (χ0v) is 12.1. The maximum Gasteiger partial charge on any atom is 0.351 e. The third kappa shape index (κ3) is 2.44. The average Bonchev–Trinajstić information content (AvgIpc) is 3.12.